The molecule has 2 amide bonds. The molecule has 12 heavy (non-hydrogen) atoms. The summed E-state index contributed by atoms with van der Waals surface area (Å²) < 4.78 is 0. The Hall–Kier alpha value is -0.380. The molecule has 0 bridgehead atoms. The van der Waals surface area contributed by atoms with E-state index in [2.05, 4.69) is 0 Å². The van der Waals surface area contributed by atoms with Crippen LogP contribution >= 0.6 is 11.8 Å². The number of amides is 2. The number of carbonyl (C=O) groups is 1. The summed E-state index contributed by atoms with van der Waals surface area (Å²) in [6.07, 6.45) is 1.14. The number of rotatable bonds is 1. The van der Waals surface area contributed by atoms with Crippen LogP contribution in [0.2, 0.25) is 0 Å². The zero-order valence-electron chi connectivity index (χ0n) is 7.91. The molecule has 1 aliphatic rings. The molecular formula is C8H16N2OS. The molecule has 0 N–H and O–H groups in total. The second-order valence-corrected chi connectivity index (χ2v) is 4.46. The van der Waals surface area contributed by atoms with E-state index in [4.69, 9.17) is 0 Å². The number of nitrogens with zero attached hydrogens (tertiary/aromatic N) is 2. The minimum atomic E-state index is 0.113. The summed E-state index contributed by atoms with van der Waals surface area (Å²) in [6.45, 7) is 0. The fourth-order valence-corrected chi connectivity index (χ4v) is 2.57. The van der Waals surface area contributed by atoms with Crippen LogP contribution < -0.4 is 0 Å². The van der Waals surface area contributed by atoms with Crippen LogP contribution in [-0.4, -0.2) is 54.5 Å². The summed E-state index contributed by atoms with van der Waals surface area (Å²) >= 11 is 1.93. The van der Waals surface area contributed by atoms with Crippen LogP contribution in [0.15, 0.2) is 0 Å². The van der Waals surface area contributed by atoms with Crippen molar-refractivity contribution in [1.82, 2.24) is 9.80 Å². The molecule has 1 saturated heterocycles. The summed E-state index contributed by atoms with van der Waals surface area (Å²) in [4.78, 5) is 14.9. The van der Waals surface area contributed by atoms with Crippen molar-refractivity contribution in [3.63, 3.8) is 0 Å². The predicted molar refractivity (Wildman–Crippen MR) is 52.6 cm³/mol. The normalized spacial score (nSPS) is 22.4. The van der Waals surface area contributed by atoms with Crippen molar-refractivity contribution in [2.24, 2.45) is 0 Å². The summed E-state index contributed by atoms with van der Waals surface area (Å²) in [5.74, 6) is 2.28. The van der Waals surface area contributed by atoms with Crippen LogP contribution in [-0.2, 0) is 0 Å². The molecule has 0 saturated carbocycles. The largest absolute Gasteiger partial charge is 0.331 e. The second-order valence-electron chi connectivity index (χ2n) is 3.31. The minimum Gasteiger partial charge on any atom is -0.331 e. The molecule has 0 aromatic heterocycles. The fourth-order valence-electron chi connectivity index (χ4n) is 1.30. The first-order valence-corrected chi connectivity index (χ1v) is 5.30. The van der Waals surface area contributed by atoms with Crippen LogP contribution in [0.3, 0.4) is 0 Å². The van der Waals surface area contributed by atoms with E-state index in [9.17, 15) is 4.79 Å². The van der Waals surface area contributed by atoms with Gasteiger partial charge in [0, 0.05) is 32.9 Å². The lowest BCUT2D eigenvalue weighted by Crippen LogP contribution is -2.42. The van der Waals surface area contributed by atoms with E-state index in [1.807, 2.05) is 23.7 Å². The molecule has 1 aliphatic heterocycles. The van der Waals surface area contributed by atoms with Gasteiger partial charge in [0.1, 0.15) is 0 Å². The van der Waals surface area contributed by atoms with E-state index in [1.54, 1.807) is 19.0 Å². The lowest BCUT2D eigenvalue weighted by atomic mass is 10.2. The van der Waals surface area contributed by atoms with E-state index in [0.717, 1.165) is 12.2 Å². The Morgan fingerprint density at radius 2 is 2.08 bits per heavy atom. The smallest absolute Gasteiger partial charge is 0.319 e. The van der Waals surface area contributed by atoms with E-state index in [0.29, 0.717) is 6.04 Å². The molecule has 0 aromatic rings. The summed E-state index contributed by atoms with van der Waals surface area (Å²) in [5.41, 5.74) is 0. The lowest BCUT2D eigenvalue weighted by Gasteiger charge is -2.26. The van der Waals surface area contributed by atoms with Crippen molar-refractivity contribution >= 4 is 17.8 Å². The molecule has 0 radical (unpaired) electrons. The maximum absolute atomic E-state index is 11.5. The third-order valence-corrected chi connectivity index (χ3v) is 3.28. The first kappa shape index (κ1) is 9.71. The van der Waals surface area contributed by atoms with Crippen LogP contribution in [0.5, 0.6) is 0 Å². The van der Waals surface area contributed by atoms with Crippen molar-refractivity contribution in [1.29, 1.82) is 0 Å². The number of hydrogen-bond donors (Lipinski definition) is 0. The van der Waals surface area contributed by atoms with E-state index >= 15 is 0 Å². The van der Waals surface area contributed by atoms with Gasteiger partial charge in [-0.05, 0) is 12.2 Å². The highest BCUT2D eigenvalue weighted by molar-refractivity contribution is 7.99. The molecule has 0 aliphatic carbocycles. The molecular weight excluding hydrogens is 172 g/mol. The van der Waals surface area contributed by atoms with Gasteiger partial charge >= 0.3 is 6.03 Å². The van der Waals surface area contributed by atoms with Gasteiger partial charge in [0.15, 0.2) is 0 Å². The van der Waals surface area contributed by atoms with Gasteiger partial charge in [-0.1, -0.05) is 0 Å². The Bertz CT molecular complexity index is 166. The van der Waals surface area contributed by atoms with Gasteiger partial charge in [0.25, 0.3) is 0 Å². The Morgan fingerprint density at radius 3 is 2.50 bits per heavy atom. The summed E-state index contributed by atoms with van der Waals surface area (Å²) in [6, 6.07) is 0.562. The van der Waals surface area contributed by atoms with Crippen molar-refractivity contribution in [2.75, 3.05) is 32.6 Å². The zero-order valence-corrected chi connectivity index (χ0v) is 8.73. The average Bonchev–Trinajstić information content (AvgIpc) is 2.53. The molecule has 0 aromatic carbocycles. The van der Waals surface area contributed by atoms with Gasteiger partial charge in [-0.3, -0.25) is 0 Å². The number of thioether (sulfide) groups is 1. The van der Waals surface area contributed by atoms with Crippen molar-refractivity contribution in [2.45, 2.75) is 12.5 Å². The van der Waals surface area contributed by atoms with E-state index in [-0.39, 0.29) is 6.03 Å². The fraction of sp³-hybridized carbons (Fsp3) is 0.875. The second kappa shape index (κ2) is 4.03. The Labute approximate surface area is 78.1 Å². The van der Waals surface area contributed by atoms with Crippen LogP contribution in [0.4, 0.5) is 4.79 Å². The Kier molecular flexibility index (Phi) is 3.26. The van der Waals surface area contributed by atoms with Gasteiger partial charge < -0.3 is 9.80 Å². The van der Waals surface area contributed by atoms with Gasteiger partial charge in [-0.2, -0.15) is 11.8 Å². The van der Waals surface area contributed by atoms with Gasteiger partial charge in [-0.25, -0.2) is 4.79 Å². The quantitative estimate of drug-likeness (QED) is 0.615. The predicted octanol–water partition coefficient (Wildman–Crippen LogP) is 1.11. The third kappa shape index (κ3) is 2.06. The molecule has 4 heteroatoms. The Morgan fingerprint density at radius 1 is 1.42 bits per heavy atom. The van der Waals surface area contributed by atoms with Gasteiger partial charge in [0.05, 0.1) is 0 Å². The maximum atomic E-state index is 11.5. The highest BCUT2D eigenvalue weighted by Crippen LogP contribution is 2.21. The molecule has 1 unspecified atom stereocenters. The van der Waals surface area contributed by atoms with Gasteiger partial charge in [0.2, 0.25) is 0 Å². The summed E-state index contributed by atoms with van der Waals surface area (Å²) in [5, 5.41) is 0. The van der Waals surface area contributed by atoms with Crippen molar-refractivity contribution in [3.05, 3.63) is 0 Å². The topological polar surface area (TPSA) is 23.6 Å². The SMILES string of the molecule is CN(C)C(=O)N(C)C1CCSC1. The monoisotopic (exact) mass is 188 g/mol. The number of hydrogen-bond acceptors (Lipinski definition) is 2. The van der Waals surface area contributed by atoms with Gasteiger partial charge in [-0.15, -0.1) is 0 Å². The van der Waals surface area contributed by atoms with Crippen LogP contribution in [0.25, 0.3) is 0 Å². The first-order chi connectivity index (χ1) is 5.63. The standard InChI is InChI=1S/C8H16N2OS/c1-9(2)8(11)10(3)7-4-5-12-6-7/h7H,4-6H2,1-3H3. The molecule has 1 rings (SSSR count). The molecule has 1 heterocycles. The highest BCUT2D eigenvalue weighted by Gasteiger charge is 2.24. The zero-order chi connectivity index (χ0) is 9.14. The molecule has 3 nitrogen and oxygen atoms in total. The molecule has 1 atom stereocenters. The Balaban J connectivity index is 2.45. The first-order valence-electron chi connectivity index (χ1n) is 4.15. The molecule has 1 fully saturated rings. The van der Waals surface area contributed by atoms with Crippen molar-refractivity contribution in [3.8, 4) is 0 Å². The van der Waals surface area contributed by atoms with Crippen LogP contribution in [0, 0.1) is 0 Å². The summed E-state index contributed by atoms with van der Waals surface area (Å²) in [7, 11) is 5.47. The van der Waals surface area contributed by atoms with Crippen molar-refractivity contribution < 1.29 is 4.79 Å². The maximum Gasteiger partial charge on any atom is 0.319 e. The number of carbonyl (C=O) groups excluding carboxylic acids is 1. The average molecular weight is 188 g/mol. The molecule has 70 valence electrons. The minimum absolute atomic E-state index is 0.113. The van der Waals surface area contributed by atoms with E-state index in [1.165, 1.54) is 5.75 Å². The van der Waals surface area contributed by atoms with Crippen LogP contribution in [0.1, 0.15) is 6.42 Å². The third-order valence-electron chi connectivity index (χ3n) is 2.14. The van der Waals surface area contributed by atoms with E-state index < -0.39 is 0 Å². The molecule has 0 spiro atoms. The lowest BCUT2D eigenvalue weighted by molar-refractivity contribution is 0.168. The number of urea groups is 1. The highest BCUT2D eigenvalue weighted by atomic mass is 32.2.